The summed E-state index contributed by atoms with van der Waals surface area (Å²) in [6, 6.07) is 9.64. The van der Waals surface area contributed by atoms with Gasteiger partial charge in [-0.1, -0.05) is 32.0 Å². The number of hydrogen-bond acceptors (Lipinski definition) is 8. The van der Waals surface area contributed by atoms with Crippen LogP contribution in [-0.4, -0.2) is 38.4 Å². The average Bonchev–Trinajstić information content (AvgIpc) is 3.51. The van der Waals surface area contributed by atoms with Gasteiger partial charge in [0.1, 0.15) is 11.0 Å². The van der Waals surface area contributed by atoms with Crippen molar-refractivity contribution in [3.8, 4) is 10.6 Å². The van der Waals surface area contributed by atoms with Gasteiger partial charge in [-0.2, -0.15) is 0 Å². The summed E-state index contributed by atoms with van der Waals surface area (Å²) in [7, 11) is 0. The number of rotatable bonds is 12. The zero-order valence-corrected chi connectivity index (χ0v) is 22.6. The van der Waals surface area contributed by atoms with E-state index < -0.39 is 29.4 Å². The Labute approximate surface area is 221 Å². The number of anilines is 1. The van der Waals surface area contributed by atoms with Crippen LogP contribution in [0.4, 0.5) is 10.5 Å². The second-order valence-electron chi connectivity index (χ2n) is 8.39. The van der Waals surface area contributed by atoms with Crippen molar-refractivity contribution in [1.82, 2.24) is 15.6 Å². The molecule has 3 rings (SSSR count). The van der Waals surface area contributed by atoms with E-state index in [0.29, 0.717) is 18.5 Å². The van der Waals surface area contributed by atoms with Crippen LogP contribution in [0.1, 0.15) is 43.8 Å². The Balaban J connectivity index is 1.84. The van der Waals surface area contributed by atoms with Crippen LogP contribution in [0.5, 0.6) is 0 Å². The van der Waals surface area contributed by atoms with Gasteiger partial charge < -0.3 is 24.6 Å². The monoisotopic (exact) mass is 549 g/mol. The first-order chi connectivity index (χ1) is 17.2. The Kier molecular flexibility index (Phi) is 10.4. The first kappa shape index (κ1) is 27.8. The maximum atomic E-state index is 13.3. The zero-order valence-electron chi connectivity index (χ0n) is 20.2. The quantitative estimate of drug-likeness (QED) is 0.282. The van der Waals surface area contributed by atoms with Gasteiger partial charge >= 0.3 is 6.09 Å². The lowest BCUT2D eigenvalue weighted by molar-refractivity contribution is -0.124. The summed E-state index contributed by atoms with van der Waals surface area (Å²) in [5.74, 6) is -0.160. The van der Waals surface area contributed by atoms with Crippen molar-refractivity contribution in [3.63, 3.8) is 0 Å². The number of nitrogens with zero attached hydrogens (tertiary/aromatic N) is 1. The zero-order chi connectivity index (χ0) is 26.1. The van der Waals surface area contributed by atoms with Gasteiger partial charge in [0, 0.05) is 22.3 Å². The number of amides is 2. The molecule has 194 valence electrons. The van der Waals surface area contributed by atoms with Gasteiger partial charge in [-0.15, -0.1) is 22.7 Å². The Hall–Kier alpha value is -2.80. The van der Waals surface area contributed by atoms with Crippen LogP contribution in [-0.2, 0) is 27.2 Å². The normalized spacial score (nSPS) is 13.6. The third kappa shape index (κ3) is 8.40. The number of aromatic nitrogens is 1. The lowest BCUT2D eigenvalue weighted by Gasteiger charge is -2.23. The second-order valence-corrected chi connectivity index (χ2v) is 10.9. The summed E-state index contributed by atoms with van der Waals surface area (Å²) in [5.41, 5.74) is 2.16. The topological polar surface area (TPSA) is 132 Å². The number of benzene rings is 1. The maximum Gasteiger partial charge on any atom is 0.407 e. The lowest BCUT2D eigenvalue weighted by atomic mass is 10.0. The highest BCUT2D eigenvalue weighted by Gasteiger charge is 2.27. The molecule has 0 spiro atoms. The van der Waals surface area contributed by atoms with E-state index in [1.807, 2.05) is 36.7 Å². The Bertz CT molecular complexity index is 1150. The molecule has 0 saturated heterocycles. The molecule has 9 nitrogen and oxygen atoms in total. The highest BCUT2D eigenvalue weighted by atomic mass is 32.2. The van der Waals surface area contributed by atoms with Gasteiger partial charge in [-0.3, -0.25) is 9.00 Å². The molecule has 3 N–H and O–H groups in total. The van der Waals surface area contributed by atoms with Crippen molar-refractivity contribution in [2.75, 3.05) is 11.3 Å². The van der Waals surface area contributed by atoms with Crippen LogP contribution in [0.2, 0.25) is 0 Å². The molecule has 0 radical (unpaired) electrons. The lowest BCUT2D eigenvalue weighted by Crippen LogP contribution is -2.48. The van der Waals surface area contributed by atoms with E-state index in [1.54, 1.807) is 42.5 Å². The molecular weight excluding hydrogens is 520 g/mol. The van der Waals surface area contributed by atoms with E-state index in [1.165, 1.54) is 11.3 Å². The third-order valence-corrected chi connectivity index (χ3v) is 7.35. The summed E-state index contributed by atoms with van der Waals surface area (Å²) in [5, 5.41) is 10.4. The second kappa shape index (κ2) is 13.5. The van der Waals surface area contributed by atoms with Gasteiger partial charge in [0.05, 0.1) is 23.2 Å². The molecule has 0 bridgehead atoms. The predicted molar refractivity (Wildman–Crippen MR) is 142 cm³/mol. The molecule has 0 aliphatic carbocycles. The van der Waals surface area contributed by atoms with Crippen LogP contribution in [0.3, 0.4) is 0 Å². The number of ether oxygens (including phenoxy) is 1. The van der Waals surface area contributed by atoms with Gasteiger partial charge in [0.15, 0.2) is 0 Å². The molecule has 36 heavy (non-hydrogen) atoms. The molecule has 0 fully saturated rings. The van der Waals surface area contributed by atoms with Crippen molar-refractivity contribution < 1.29 is 23.1 Å². The minimum Gasteiger partial charge on any atom is -0.755 e. The molecule has 3 atom stereocenters. The molecule has 2 amide bonds. The van der Waals surface area contributed by atoms with E-state index in [9.17, 15) is 18.4 Å². The summed E-state index contributed by atoms with van der Waals surface area (Å²) in [6.45, 7) is 5.86. The Morgan fingerprint density at radius 1 is 1.14 bits per heavy atom. The van der Waals surface area contributed by atoms with Crippen molar-refractivity contribution in [2.24, 2.45) is 5.92 Å². The summed E-state index contributed by atoms with van der Waals surface area (Å²) < 4.78 is 29.1. The Morgan fingerprint density at radius 2 is 1.89 bits per heavy atom. The van der Waals surface area contributed by atoms with Gasteiger partial charge in [-0.25, -0.2) is 9.78 Å². The molecular formula is C24H29N4O5S3-. The van der Waals surface area contributed by atoms with E-state index in [2.05, 4.69) is 15.4 Å². The first-order valence-electron chi connectivity index (χ1n) is 11.4. The van der Waals surface area contributed by atoms with Crippen molar-refractivity contribution in [2.45, 2.75) is 45.7 Å². The van der Waals surface area contributed by atoms with E-state index in [4.69, 9.17) is 9.72 Å². The minimum atomic E-state index is -2.41. The standard InChI is InChI=1S/C24H30N4O5S3/c1-4-33-24(30)27-18(12-15(2)3)22(29)25-19(13-16-7-9-17(10-8-16)28-36(31)32)23-26-20(14-35-23)21-6-5-11-34-21/h5-11,14-15,18-19,28H,4,12-13H2,1-3H3,(H,25,29)(H,27,30)(H,31,32)/p-1/t18-,19-/m0/s1. The largest absolute Gasteiger partial charge is 0.755 e. The van der Waals surface area contributed by atoms with Crippen LogP contribution in [0.15, 0.2) is 47.2 Å². The van der Waals surface area contributed by atoms with Gasteiger partial charge in [0.2, 0.25) is 5.91 Å². The van der Waals surface area contributed by atoms with Gasteiger partial charge in [-0.05, 0) is 54.8 Å². The highest BCUT2D eigenvalue weighted by molar-refractivity contribution is 7.80. The van der Waals surface area contributed by atoms with Gasteiger partial charge in [0.25, 0.3) is 0 Å². The summed E-state index contributed by atoms with van der Waals surface area (Å²) in [6.07, 6.45) is 0.239. The molecule has 2 aromatic heterocycles. The van der Waals surface area contributed by atoms with Crippen molar-refractivity contribution in [3.05, 3.63) is 57.7 Å². The highest BCUT2D eigenvalue weighted by Crippen LogP contribution is 2.30. The SMILES string of the molecule is CCOC(=O)N[C@@H](CC(C)C)C(=O)N[C@@H](Cc1ccc(NS(=O)[O-])cc1)c1nc(-c2cccs2)cs1. The number of carbonyl (C=O) groups is 2. The number of alkyl carbamates (subject to hydrolysis) is 1. The van der Waals surface area contributed by atoms with E-state index in [0.717, 1.165) is 21.1 Å². The van der Waals surface area contributed by atoms with Crippen LogP contribution < -0.4 is 15.4 Å². The molecule has 0 aliphatic heterocycles. The summed E-state index contributed by atoms with van der Waals surface area (Å²) >= 11 is 0.628. The third-order valence-electron chi connectivity index (χ3n) is 5.10. The fraction of sp³-hybridized carbons (Fsp3) is 0.375. The number of hydrogen-bond donors (Lipinski definition) is 3. The van der Waals surface area contributed by atoms with Crippen LogP contribution in [0, 0.1) is 5.92 Å². The molecule has 1 unspecified atom stereocenters. The molecule has 1 aromatic carbocycles. The molecule has 0 aliphatic rings. The fourth-order valence-electron chi connectivity index (χ4n) is 3.52. The number of carbonyl (C=O) groups excluding carboxylic acids is 2. The first-order valence-corrected chi connectivity index (χ1v) is 14.3. The molecule has 12 heteroatoms. The number of thiophene rings is 1. The van der Waals surface area contributed by atoms with Crippen molar-refractivity contribution in [1.29, 1.82) is 0 Å². The fourth-order valence-corrected chi connectivity index (χ4v) is 5.48. The van der Waals surface area contributed by atoms with Crippen LogP contribution in [0.25, 0.3) is 10.6 Å². The molecule has 0 saturated carbocycles. The minimum absolute atomic E-state index is 0.165. The molecule has 3 aromatic rings. The van der Waals surface area contributed by atoms with E-state index in [-0.39, 0.29) is 18.4 Å². The number of nitrogens with one attached hydrogen (secondary N) is 3. The predicted octanol–water partition coefficient (Wildman–Crippen LogP) is 4.64. The van der Waals surface area contributed by atoms with Crippen LogP contribution >= 0.6 is 22.7 Å². The average molecular weight is 550 g/mol. The van der Waals surface area contributed by atoms with Crippen molar-refractivity contribution >= 4 is 51.6 Å². The summed E-state index contributed by atoms with van der Waals surface area (Å²) in [4.78, 5) is 31.2. The smallest absolute Gasteiger partial charge is 0.407 e. The molecule has 2 heterocycles. The maximum absolute atomic E-state index is 13.3. The van der Waals surface area contributed by atoms with E-state index >= 15 is 0 Å². The Morgan fingerprint density at radius 3 is 2.50 bits per heavy atom. The number of thiazole rings is 1.